The number of hydrogen-bond acceptors (Lipinski definition) is 5. The molecule has 1 aromatic heterocycles. The lowest BCUT2D eigenvalue weighted by Gasteiger charge is -2.35. The summed E-state index contributed by atoms with van der Waals surface area (Å²) in [5, 5.41) is 9.20. The number of rotatable bonds is 3. The van der Waals surface area contributed by atoms with E-state index in [4.69, 9.17) is 4.42 Å². The Hall–Kier alpha value is -2.39. The summed E-state index contributed by atoms with van der Waals surface area (Å²) in [6, 6.07) is 6.76. The summed E-state index contributed by atoms with van der Waals surface area (Å²) in [5.74, 6) is 1.15. The van der Waals surface area contributed by atoms with Crippen molar-refractivity contribution in [3.63, 3.8) is 0 Å². The number of nitriles is 1. The summed E-state index contributed by atoms with van der Waals surface area (Å²) in [4.78, 5) is 8.71. The van der Waals surface area contributed by atoms with Gasteiger partial charge in [0.25, 0.3) is 0 Å². The second kappa shape index (κ2) is 6.85. The fraction of sp³-hybridized carbons (Fsp3) is 0.474. The quantitative estimate of drug-likeness (QED) is 0.856. The largest absolute Gasteiger partial charge is 0.444 e. The molecule has 1 saturated heterocycles. The fourth-order valence-electron chi connectivity index (χ4n) is 2.96. The van der Waals surface area contributed by atoms with E-state index in [1.54, 1.807) is 18.3 Å². The van der Waals surface area contributed by atoms with Gasteiger partial charge in [-0.05, 0) is 12.1 Å². The minimum Gasteiger partial charge on any atom is -0.444 e. The van der Waals surface area contributed by atoms with Crippen LogP contribution < -0.4 is 4.90 Å². The van der Waals surface area contributed by atoms with Gasteiger partial charge >= 0.3 is 0 Å². The van der Waals surface area contributed by atoms with Gasteiger partial charge in [0.15, 0.2) is 0 Å². The number of piperazine rings is 1. The molecule has 25 heavy (non-hydrogen) atoms. The first kappa shape index (κ1) is 17.4. The van der Waals surface area contributed by atoms with Crippen molar-refractivity contribution in [2.75, 3.05) is 31.1 Å². The molecule has 0 amide bonds. The van der Waals surface area contributed by atoms with Crippen LogP contribution in [0.4, 0.5) is 10.1 Å². The average molecular weight is 342 g/mol. The van der Waals surface area contributed by atoms with E-state index in [1.165, 1.54) is 6.07 Å². The lowest BCUT2D eigenvalue weighted by molar-refractivity contribution is 0.221. The van der Waals surface area contributed by atoms with Crippen LogP contribution >= 0.6 is 0 Å². The van der Waals surface area contributed by atoms with Crippen LogP contribution in [-0.4, -0.2) is 36.1 Å². The van der Waals surface area contributed by atoms with Crippen LogP contribution in [0.5, 0.6) is 0 Å². The number of aromatic nitrogens is 1. The fourth-order valence-corrected chi connectivity index (χ4v) is 2.96. The van der Waals surface area contributed by atoms with Crippen molar-refractivity contribution in [3.05, 3.63) is 47.4 Å². The minimum atomic E-state index is -0.461. The van der Waals surface area contributed by atoms with Gasteiger partial charge < -0.3 is 9.32 Å². The summed E-state index contributed by atoms with van der Waals surface area (Å²) in [5.41, 5.74) is 0.751. The summed E-state index contributed by atoms with van der Waals surface area (Å²) in [7, 11) is 0. The molecule has 0 radical (unpaired) electrons. The molecule has 0 saturated carbocycles. The third-order valence-electron chi connectivity index (χ3n) is 4.47. The molecule has 2 aromatic rings. The molecule has 132 valence electrons. The topological polar surface area (TPSA) is 56.3 Å². The van der Waals surface area contributed by atoms with Crippen LogP contribution in [0, 0.1) is 17.1 Å². The highest BCUT2D eigenvalue weighted by Gasteiger charge is 2.23. The second-order valence-electron chi connectivity index (χ2n) is 7.38. The number of benzene rings is 1. The van der Waals surface area contributed by atoms with Crippen molar-refractivity contribution in [2.45, 2.75) is 32.7 Å². The Morgan fingerprint density at radius 1 is 1.24 bits per heavy atom. The third kappa shape index (κ3) is 3.83. The van der Waals surface area contributed by atoms with Gasteiger partial charge in [0.05, 0.1) is 18.4 Å². The van der Waals surface area contributed by atoms with Gasteiger partial charge in [0, 0.05) is 31.6 Å². The zero-order valence-corrected chi connectivity index (χ0v) is 14.9. The van der Waals surface area contributed by atoms with E-state index in [-0.39, 0.29) is 11.0 Å². The van der Waals surface area contributed by atoms with E-state index >= 15 is 0 Å². The van der Waals surface area contributed by atoms with Crippen molar-refractivity contribution in [3.8, 4) is 6.07 Å². The molecule has 0 N–H and O–H groups in total. The number of anilines is 1. The van der Waals surface area contributed by atoms with E-state index < -0.39 is 5.82 Å². The molecular formula is C19H23FN4O. The first-order chi connectivity index (χ1) is 11.9. The zero-order chi connectivity index (χ0) is 18.0. The molecule has 2 heterocycles. The van der Waals surface area contributed by atoms with Gasteiger partial charge in [0.2, 0.25) is 5.89 Å². The highest BCUT2D eigenvalue weighted by Crippen LogP contribution is 2.25. The molecule has 5 nitrogen and oxygen atoms in total. The Bertz CT molecular complexity index is 779. The SMILES string of the molecule is CC(C)(C)c1cnc(CN2CCN(c3cccc(F)c3C#N)CC2)o1. The molecule has 0 bridgehead atoms. The minimum absolute atomic E-state index is 0.0466. The van der Waals surface area contributed by atoms with Crippen LogP contribution in [0.3, 0.4) is 0 Å². The third-order valence-corrected chi connectivity index (χ3v) is 4.47. The molecule has 1 aliphatic heterocycles. The summed E-state index contributed by atoms with van der Waals surface area (Å²) < 4.78 is 19.6. The van der Waals surface area contributed by atoms with Crippen molar-refractivity contribution in [2.24, 2.45) is 0 Å². The monoisotopic (exact) mass is 342 g/mol. The maximum atomic E-state index is 13.8. The number of halogens is 1. The molecular weight excluding hydrogens is 319 g/mol. The predicted octanol–water partition coefficient (Wildman–Crippen LogP) is 3.31. The standard InChI is InChI=1S/C19H23FN4O/c1-19(2,3)17-12-22-18(25-17)13-23-7-9-24(10-8-23)16-6-4-5-15(20)14(16)11-21/h4-6,12H,7-10,13H2,1-3H3. The normalized spacial score (nSPS) is 16.0. The van der Waals surface area contributed by atoms with Crippen LogP contribution in [0.1, 0.15) is 38.0 Å². The van der Waals surface area contributed by atoms with Gasteiger partial charge in [0.1, 0.15) is 23.2 Å². The van der Waals surface area contributed by atoms with Crippen molar-refractivity contribution < 1.29 is 8.81 Å². The number of hydrogen-bond donors (Lipinski definition) is 0. The highest BCUT2D eigenvalue weighted by molar-refractivity contribution is 5.60. The van der Waals surface area contributed by atoms with E-state index in [1.807, 2.05) is 6.07 Å². The summed E-state index contributed by atoms with van der Waals surface area (Å²) in [6.45, 7) is 10.1. The Labute approximate surface area is 147 Å². The maximum Gasteiger partial charge on any atom is 0.208 e. The van der Waals surface area contributed by atoms with E-state index in [2.05, 4.69) is 35.6 Å². The van der Waals surface area contributed by atoms with E-state index in [0.29, 0.717) is 12.2 Å². The van der Waals surface area contributed by atoms with Gasteiger partial charge in [-0.15, -0.1) is 0 Å². The average Bonchev–Trinajstić information content (AvgIpc) is 3.04. The molecule has 1 fully saturated rings. The molecule has 1 aliphatic rings. The summed E-state index contributed by atoms with van der Waals surface area (Å²) >= 11 is 0. The van der Waals surface area contributed by atoms with Crippen LogP contribution in [0.15, 0.2) is 28.8 Å². The van der Waals surface area contributed by atoms with Crippen molar-refractivity contribution >= 4 is 5.69 Å². The molecule has 1 aromatic carbocycles. The molecule has 0 aliphatic carbocycles. The maximum absolute atomic E-state index is 13.8. The first-order valence-corrected chi connectivity index (χ1v) is 8.49. The van der Waals surface area contributed by atoms with Crippen LogP contribution in [-0.2, 0) is 12.0 Å². The van der Waals surface area contributed by atoms with Crippen molar-refractivity contribution in [1.82, 2.24) is 9.88 Å². The van der Waals surface area contributed by atoms with Crippen molar-refractivity contribution in [1.29, 1.82) is 5.26 Å². The predicted molar refractivity (Wildman–Crippen MR) is 93.8 cm³/mol. The molecule has 6 heteroatoms. The number of nitrogens with zero attached hydrogens (tertiary/aromatic N) is 4. The highest BCUT2D eigenvalue weighted by atomic mass is 19.1. The first-order valence-electron chi connectivity index (χ1n) is 8.49. The summed E-state index contributed by atoms with van der Waals surface area (Å²) in [6.07, 6.45) is 1.80. The zero-order valence-electron chi connectivity index (χ0n) is 14.9. The van der Waals surface area contributed by atoms with Crippen LogP contribution in [0.2, 0.25) is 0 Å². The molecule has 0 unspecified atom stereocenters. The number of oxazole rings is 1. The molecule has 3 rings (SSSR count). The van der Waals surface area contributed by atoms with Gasteiger partial charge in [-0.2, -0.15) is 5.26 Å². The Morgan fingerprint density at radius 2 is 1.96 bits per heavy atom. The van der Waals surface area contributed by atoms with Gasteiger partial charge in [-0.1, -0.05) is 26.8 Å². The second-order valence-corrected chi connectivity index (χ2v) is 7.38. The Morgan fingerprint density at radius 3 is 2.56 bits per heavy atom. The smallest absolute Gasteiger partial charge is 0.208 e. The van der Waals surface area contributed by atoms with Gasteiger partial charge in [-0.25, -0.2) is 9.37 Å². The Kier molecular flexibility index (Phi) is 4.78. The van der Waals surface area contributed by atoms with Crippen LogP contribution in [0.25, 0.3) is 0 Å². The molecule has 0 spiro atoms. The van der Waals surface area contributed by atoms with E-state index in [0.717, 1.165) is 37.8 Å². The Balaban J connectivity index is 1.62. The lowest BCUT2D eigenvalue weighted by atomic mass is 9.94. The molecule has 0 atom stereocenters. The van der Waals surface area contributed by atoms with Gasteiger partial charge in [-0.3, -0.25) is 4.90 Å². The lowest BCUT2D eigenvalue weighted by Crippen LogP contribution is -2.46. The van der Waals surface area contributed by atoms with E-state index in [9.17, 15) is 9.65 Å².